The van der Waals surface area contributed by atoms with Crippen molar-refractivity contribution in [1.82, 2.24) is 10.2 Å². The average molecular weight is 266 g/mol. The van der Waals surface area contributed by atoms with E-state index in [1.807, 2.05) is 4.90 Å². The van der Waals surface area contributed by atoms with Crippen molar-refractivity contribution < 1.29 is 4.79 Å². The number of hydrogen-bond acceptors (Lipinski definition) is 3. The van der Waals surface area contributed by atoms with Gasteiger partial charge in [-0.15, -0.1) is 11.3 Å². The van der Waals surface area contributed by atoms with E-state index in [0.29, 0.717) is 12.3 Å². The van der Waals surface area contributed by atoms with Gasteiger partial charge in [0, 0.05) is 36.5 Å². The van der Waals surface area contributed by atoms with E-state index in [9.17, 15) is 4.79 Å². The second-order valence-electron chi connectivity index (χ2n) is 5.56. The molecule has 0 atom stereocenters. The van der Waals surface area contributed by atoms with Gasteiger partial charge >= 0.3 is 0 Å². The van der Waals surface area contributed by atoms with Crippen molar-refractivity contribution in [2.24, 2.45) is 0 Å². The van der Waals surface area contributed by atoms with Crippen LogP contribution in [0.15, 0.2) is 17.5 Å². The van der Waals surface area contributed by atoms with Crippen molar-refractivity contribution in [2.75, 3.05) is 19.6 Å². The Kier molecular flexibility index (Phi) is 4.40. The summed E-state index contributed by atoms with van der Waals surface area (Å²) in [5.74, 6) is 0.307. The number of amides is 1. The average Bonchev–Trinajstić information content (AvgIpc) is 2.80. The molecule has 1 aliphatic rings. The molecule has 0 saturated carbocycles. The number of thiophene rings is 1. The fourth-order valence-electron chi connectivity index (χ4n) is 2.38. The molecule has 0 aliphatic carbocycles. The Morgan fingerprint density at radius 1 is 1.56 bits per heavy atom. The highest BCUT2D eigenvalue weighted by Crippen LogP contribution is 2.15. The molecule has 100 valence electrons. The Balaban J connectivity index is 1.74. The predicted octanol–water partition coefficient (Wildman–Crippen LogP) is 2.28. The van der Waals surface area contributed by atoms with Gasteiger partial charge in [-0.05, 0) is 38.1 Å². The van der Waals surface area contributed by atoms with Crippen LogP contribution in [0.25, 0.3) is 0 Å². The number of hydrogen-bond donors (Lipinski definition) is 1. The third-order valence-electron chi connectivity index (χ3n) is 3.32. The van der Waals surface area contributed by atoms with E-state index in [4.69, 9.17) is 0 Å². The summed E-state index contributed by atoms with van der Waals surface area (Å²) < 4.78 is 0. The van der Waals surface area contributed by atoms with Crippen molar-refractivity contribution in [3.63, 3.8) is 0 Å². The summed E-state index contributed by atoms with van der Waals surface area (Å²) in [6.07, 6.45) is 2.66. The van der Waals surface area contributed by atoms with Gasteiger partial charge < -0.3 is 10.2 Å². The minimum atomic E-state index is 0.0572. The van der Waals surface area contributed by atoms with E-state index < -0.39 is 0 Å². The summed E-state index contributed by atoms with van der Waals surface area (Å²) in [7, 11) is 0. The first-order chi connectivity index (χ1) is 8.57. The van der Waals surface area contributed by atoms with E-state index in [2.05, 4.69) is 36.7 Å². The highest BCUT2D eigenvalue weighted by molar-refractivity contribution is 7.09. The van der Waals surface area contributed by atoms with Gasteiger partial charge in [-0.25, -0.2) is 0 Å². The molecule has 1 N–H and O–H groups in total. The van der Waals surface area contributed by atoms with Crippen LogP contribution in [0.2, 0.25) is 0 Å². The third kappa shape index (κ3) is 3.82. The molecule has 1 saturated heterocycles. The molecule has 3 nitrogen and oxygen atoms in total. The molecule has 2 heterocycles. The van der Waals surface area contributed by atoms with Gasteiger partial charge in [0.05, 0.1) is 0 Å². The lowest BCUT2D eigenvalue weighted by molar-refractivity contribution is -0.133. The lowest BCUT2D eigenvalue weighted by Crippen LogP contribution is -2.58. The summed E-state index contributed by atoms with van der Waals surface area (Å²) in [4.78, 5) is 15.5. The number of rotatable bonds is 4. The fourth-order valence-corrected chi connectivity index (χ4v) is 3.13. The summed E-state index contributed by atoms with van der Waals surface area (Å²) in [6, 6.07) is 4.21. The predicted molar refractivity (Wildman–Crippen MR) is 75.9 cm³/mol. The van der Waals surface area contributed by atoms with Crippen LogP contribution >= 0.6 is 11.3 Å². The molecule has 0 aromatic carbocycles. The number of carbonyl (C=O) groups is 1. The number of piperazine rings is 1. The largest absolute Gasteiger partial charge is 0.340 e. The van der Waals surface area contributed by atoms with Crippen molar-refractivity contribution in [3.8, 4) is 0 Å². The van der Waals surface area contributed by atoms with Gasteiger partial charge in [0.15, 0.2) is 0 Å². The molecular formula is C14H22N2OS. The van der Waals surface area contributed by atoms with E-state index in [1.165, 1.54) is 4.88 Å². The highest BCUT2D eigenvalue weighted by atomic mass is 32.1. The van der Waals surface area contributed by atoms with Crippen molar-refractivity contribution >= 4 is 17.2 Å². The number of nitrogens with zero attached hydrogens (tertiary/aromatic N) is 1. The molecule has 1 aliphatic heterocycles. The molecule has 0 bridgehead atoms. The van der Waals surface area contributed by atoms with E-state index >= 15 is 0 Å². The molecule has 2 rings (SSSR count). The summed E-state index contributed by atoms with van der Waals surface area (Å²) >= 11 is 1.78. The molecule has 1 aromatic rings. The van der Waals surface area contributed by atoms with Crippen LogP contribution in [0, 0.1) is 0 Å². The van der Waals surface area contributed by atoms with Crippen LogP contribution < -0.4 is 5.32 Å². The molecule has 18 heavy (non-hydrogen) atoms. The normalized spacial score (nSPS) is 18.9. The van der Waals surface area contributed by atoms with Gasteiger partial charge in [0.1, 0.15) is 0 Å². The fraction of sp³-hybridized carbons (Fsp3) is 0.643. The standard InChI is InChI=1S/C14H22N2OS/c1-14(2)11-16(9-8-15-14)13(17)7-3-5-12-6-4-10-18-12/h4,6,10,15H,3,5,7-9,11H2,1-2H3. The molecule has 0 unspecified atom stereocenters. The van der Waals surface area contributed by atoms with Gasteiger partial charge in [-0.2, -0.15) is 0 Å². The topological polar surface area (TPSA) is 32.3 Å². The molecule has 1 fully saturated rings. The number of carbonyl (C=O) groups excluding carboxylic acids is 1. The van der Waals surface area contributed by atoms with Crippen molar-refractivity contribution in [1.29, 1.82) is 0 Å². The van der Waals surface area contributed by atoms with Crippen LogP contribution in [0.5, 0.6) is 0 Å². The maximum atomic E-state index is 12.1. The first-order valence-corrected chi connectivity index (χ1v) is 7.50. The van der Waals surface area contributed by atoms with Crippen molar-refractivity contribution in [3.05, 3.63) is 22.4 Å². The zero-order chi connectivity index (χ0) is 13.0. The SMILES string of the molecule is CC1(C)CN(C(=O)CCCc2cccs2)CCN1. The van der Waals surface area contributed by atoms with Crippen LogP contribution in [-0.4, -0.2) is 36.0 Å². The second kappa shape index (κ2) is 5.85. The van der Waals surface area contributed by atoms with Crippen LogP contribution in [-0.2, 0) is 11.2 Å². The van der Waals surface area contributed by atoms with Gasteiger partial charge in [-0.3, -0.25) is 4.79 Å². The first-order valence-electron chi connectivity index (χ1n) is 6.62. The molecular weight excluding hydrogens is 244 g/mol. The minimum absolute atomic E-state index is 0.0572. The van der Waals surface area contributed by atoms with Crippen LogP contribution in [0.4, 0.5) is 0 Å². The molecule has 1 aromatic heterocycles. The lowest BCUT2D eigenvalue weighted by atomic mass is 10.0. The Hall–Kier alpha value is -0.870. The quantitative estimate of drug-likeness (QED) is 0.907. The number of aryl methyl sites for hydroxylation is 1. The maximum Gasteiger partial charge on any atom is 0.222 e. The Labute approximate surface area is 113 Å². The van der Waals surface area contributed by atoms with Gasteiger partial charge in [-0.1, -0.05) is 6.07 Å². The summed E-state index contributed by atoms with van der Waals surface area (Å²) in [6.45, 7) is 6.88. The zero-order valence-corrected chi connectivity index (χ0v) is 12.1. The van der Waals surface area contributed by atoms with Crippen LogP contribution in [0.1, 0.15) is 31.6 Å². The molecule has 1 amide bonds. The third-order valence-corrected chi connectivity index (χ3v) is 4.25. The Morgan fingerprint density at radius 3 is 3.06 bits per heavy atom. The lowest BCUT2D eigenvalue weighted by Gasteiger charge is -2.39. The van der Waals surface area contributed by atoms with Gasteiger partial charge in [0.2, 0.25) is 5.91 Å². The van der Waals surface area contributed by atoms with E-state index in [0.717, 1.165) is 32.5 Å². The van der Waals surface area contributed by atoms with E-state index in [1.54, 1.807) is 11.3 Å². The smallest absolute Gasteiger partial charge is 0.222 e. The zero-order valence-electron chi connectivity index (χ0n) is 11.2. The summed E-state index contributed by atoms with van der Waals surface area (Å²) in [5, 5.41) is 5.52. The summed E-state index contributed by atoms with van der Waals surface area (Å²) in [5.41, 5.74) is 0.0572. The number of nitrogens with one attached hydrogen (secondary N) is 1. The monoisotopic (exact) mass is 266 g/mol. The van der Waals surface area contributed by atoms with E-state index in [-0.39, 0.29) is 5.54 Å². The highest BCUT2D eigenvalue weighted by Gasteiger charge is 2.27. The Morgan fingerprint density at radius 2 is 2.39 bits per heavy atom. The van der Waals surface area contributed by atoms with Crippen LogP contribution in [0.3, 0.4) is 0 Å². The second-order valence-corrected chi connectivity index (χ2v) is 6.59. The van der Waals surface area contributed by atoms with Gasteiger partial charge in [0.25, 0.3) is 0 Å². The minimum Gasteiger partial charge on any atom is -0.340 e. The molecule has 4 heteroatoms. The van der Waals surface area contributed by atoms with Crippen molar-refractivity contribution in [2.45, 2.75) is 38.6 Å². The molecule has 0 radical (unpaired) electrons. The first kappa shape index (κ1) is 13.6. The maximum absolute atomic E-state index is 12.1. The Bertz CT molecular complexity index is 387. The molecule has 0 spiro atoms.